The van der Waals surface area contributed by atoms with Gasteiger partial charge in [0.2, 0.25) is 0 Å². The lowest BCUT2D eigenvalue weighted by molar-refractivity contribution is 1.10. The van der Waals surface area contributed by atoms with Crippen LogP contribution in [0.15, 0.2) is 37.7 Å². The van der Waals surface area contributed by atoms with Crippen molar-refractivity contribution in [3.8, 4) is 0 Å². The molecule has 0 spiro atoms. The van der Waals surface area contributed by atoms with Crippen LogP contribution < -0.4 is 10.7 Å². The third-order valence-electron chi connectivity index (χ3n) is 1.31. The molecule has 60 valence electrons. The zero-order valence-corrected chi connectivity index (χ0v) is 6.77. The molecule has 12 heavy (non-hydrogen) atoms. The summed E-state index contributed by atoms with van der Waals surface area (Å²) in [6.07, 6.45) is 10.3. The topological polar surface area (TPSA) is 25.8 Å². The first kappa shape index (κ1) is 8.40. The van der Waals surface area contributed by atoms with E-state index in [2.05, 4.69) is 23.1 Å². The van der Waals surface area contributed by atoms with E-state index < -0.39 is 0 Å². The molecule has 1 aromatic heterocycles. The molecule has 0 aromatic carbocycles. The van der Waals surface area contributed by atoms with E-state index in [-0.39, 0.29) is 0 Å². The number of allylic oxidation sites excluding steroid dienone is 2. The van der Waals surface area contributed by atoms with E-state index in [4.69, 9.17) is 0 Å². The zero-order chi connectivity index (χ0) is 8.81. The second-order valence-electron chi connectivity index (χ2n) is 2.13. The maximum absolute atomic E-state index is 4.12. The van der Waals surface area contributed by atoms with Gasteiger partial charge in [0, 0.05) is 12.4 Å². The average molecular weight is 158 g/mol. The molecule has 1 aromatic rings. The van der Waals surface area contributed by atoms with E-state index in [1.807, 2.05) is 12.2 Å². The van der Waals surface area contributed by atoms with E-state index in [9.17, 15) is 0 Å². The van der Waals surface area contributed by atoms with Crippen LogP contribution >= 0.6 is 0 Å². The molecular formula is C10H10N2. The zero-order valence-electron chi connectivity index (χ0n) is 6.77. The minimum atomic E-state index is 0.812. The Balaban J connectivity index is 3.47. The van der Waals surface area contributed by atoms with Gasteiger partial charge in [-0.3, -0.25) is 9.97 Å². The number of aromatic nitrogens is 2. The summed E-state index contributed by atoms with van der Waals surface area (Å²) < 4.78 is 0. The van der Waals surface area contributed by atoms with Gasteiger partial charge in [-0.05, 0) is 12.2 Å². The second kappa shape index (κ2) is 4.23. The van der Waals surface area contributed by atoms with E-state index in [1.165, 1.54) is 0 Å². The van der Waals surface area contributed by atoms with Crippen molar-refractivity contribution in [3.63, 3.8) is 0 Å². The number of rotatable bonds is 2. The fourth-order valence-corrected chi connectivity index (χ4v) is 0.840. The van der Waals surface area contributed by atoms with Crippen LogP contribution in [-0.4, -0.2) is 9.97 Å². The summed E-state index contributed by atoms with van der Waals surface area (Å²) in [5.74, 6) is 0. The molecular weight excluding hydrogens is 148 g/mol. The lowest BCUT2D eigenvalue weighted by atomic mass is 10.4. The van der Waals surface area contributed by atoms with E-state index >= 15 is 0 Å². The Morgan fingerprint density at radius 1 is 0.917 bits per heavy atom. The van der Waals surface area contributed by atoms with Gasteiger partial charge in [0.15, 0.2) is 0 Å². The number of hydrogen-bond donors (Lipinski definition) is 0. The van der Waals surface area contributed by atoms with Crippen molar-refractivity contribution in [2.24, 2.45) is 0 Å². The van der Waals surface area contributed by atoms with Crippen LogP contribution in [0, 0.1) is 0 Å². The normalized spacial score (nSPS) is 13.0. The second-order valence-corrected chi connectivity index (χ2v) is 2.13. The van der Waals surface area contributed by atoms with E-state index in [1.54, 1.807) is 24.5 Å². The van der Waals surface area contributed by atoms with Crippen molar-refractivity contribution in [1.29, 1.82) is 0 Å². The van der Waals surface area contributed by atoms with Crippen molar-refractivity contribution in [1.82, 2.24) is 9.97 Å². The highest BCUT2D eigenvalue weighted by Crippen LogP contribution is 1.65. The largest absolute Gasteiger partial charge is 0.253 e. The Morgan fingerprint density at radius 3 is 1.67 bits per heavy atom. The lowest BCUT2D eigenvalue weighted by Gasteiger charge is -1.85. The van der Waals surface area contributed by atoms with Crippen LogP contribution in [-0.2, 0) is 0 Å². The number of hydrogen-bond acceptors (Lipinski definition) is 2. The quantitative estimate of drug-likeness (QED) is 0.623. The van der Waals surface area contributed by atoms with Crippen molar-refractivity contribution < 1.29 is 0 Å². The van der Waals surface area contributed by atoms with E-state index in [0.29, 0.717) is 0 Å². The van der Waals surface area contributed by atoms with Crippen molar-refractivity contribution in [2.75, 3.05) is 0 Å². The molecule has 1 heterocycles. The molecule has 0 aliphatic heterocycles. The summed E-state index contributed by atoms with van der Waals surface area (Å²) in [6.45, 7) is 7.19. The molecule has 2 heteroatoms. The Hall–Kier alpha value is -1.70. The van der Waals surface area contributed by atoms with Gasteiger partial charge in [-0.25, -0.2) is 0 Å². The van der Waals surface area contributed by atoms with Crippen LogP contribution in [0.4, 0.5) is 0 Å². The monoisotopic (exact) mass is 158 g/mol. The van der Waals surface area contributed by atoms with E-state index in [0.717, 1.165) is 10.7 Å². The van der Waals surface area contributed by atoms with Crippen LogP contribution in [0.5, 0.6) is 0 Å². The Labute approximate surface area is 71.3 Å². The molecule has 0 saturated carbocycles. The first-order chi connectivity index (χ1) is 5.88. The molecule has 1 rings (SSSR count). The third kappa shape index (κ3) is 1.89. The highest BCUT2D eigenvalue weighted by Gasteiger charge is 1.81. The Kier molecular flexibility index (Phi) is 2.96. The van der Waals surface area contributed by atoms with Crippen molar-refractivity contribution in [2.45, 2.75) is 0 Å². The first-order valence-corrected chi connectivity index (χ1v) is 3.61. The van der Waals surface area contributed by atoms with Crippen LogP contribution in [0.1, 0.15) is 0 Å². The van der Waals surface area contributed by atoms with Gasteiger partial charge in [-0.1, -0.05) is 25.3 Å². The molecule has 0 bridgehead atoms. The summed E-state index contributed by atoms with van der Waals surface area (Å²) in [7, 11) is 0. The molecule has 0 N–H and O–H groups in total. The van der Waals surface area contributed by atoms with Gasteiger partial charge in [0.05, 0.1) is 10.7 Å². The highest BCUT2D eigenvalue weighted by molar-refractivity contribution is 5.37. The standard InChI is InChI=1S/C10H10N2/c1-3-5-9-10(6-4-2)12-8-7-11-9/h3-8H,1-2H2/b9-5+,10-6+. The Morgan fingerprint density at radius 2 is 1.33 bits per heavy atom. The molecule has 0 aliphatic carbocycles. The minimum absolute atomic E-state index is 0.812. The third-order valence-corrected chi connectivity index (χ3v) is 1.31. The highest BCUT2D eigenvalue weighted by atomic mass is 14.7. The van der Waals surface area contributed by atoms with Gasteiger partial charge in [0.1, 0.15) is 0 Å². The van der Waals surface area contributed by atoms with Gasteiger partial charge in [-0.2, -0.15) is 0 Å². The summed E-state index contributed by atoms with van der Waals surface area (Å²) >= 11 is 0. The molecule has 2 nitrogen and oxygen atoms in total. The number of nitrogens with zero attached hydrogens (tertiary/aromatic N) is 2. The van der Waals surface area contributed by atoms with Gasteiger partial charge in [-0.15, -0.1) is 0 Å². The molecule has 0 aliphatic rings. The molecule has 0 unspecified atom stereocenters. The molecule has 0 amide bonds. The summed E-state index contributed by atoms with van der Waals surface area (Å²) in [5, 5.41) is 1.62. The maximum Gasteiger partial charge on any atom is 0.0886 e. The van der Waals surface area contributed by atoms with Crippen LogP contribution in [0.3, 0.4) is 0 Å². The van der Waals surface area contributed by atoms with Gasteiger partial charge >= 0.3 is 0 Å². The summed E-state index contributed by atoms with van der Waals surface area (Å²) in [4.78, 5) is 8.24. The molecule has 0 fully saturated rings. The minimum Gasteiger partial charge on any atom is -0.253 e. The molecule has 0 saturated heterocycles. The van der Waals surface area contributed by atoms with Gasteiger partial charge in [0.25, 0.3) is 0 Å². The summed E-state index contributed by atoms with van der Waals surface area (Å²) in [6, 6.07) is 0. The van der Waals surface area contributed by atoms with Crippen LogP contribution in [0.25, 0.3) is 12.2 Å². The fraction of sp³-hybridized carbons (Fsp3) is 0. The fourth-order valence-electron chi connectivity index (χ4n) is 0.840. The first-order valence-electron chi connectivity index (χ1n) is 3.61. The van der Waals surface area contributed by atoms with Gasteiger partial charge < -0.3 is 0 Å². The predicted octanol–water partition coefficient (Wildman–Crippen LogP) is 0.410. The predicted molar refractivity (Wildman–Crippen MR) is 50.6 cm³/mol. The Bertz CT molecular complexity index is 352. The smallest absolute Gasteiger partial charge is 0.0886 e. The lowest BCUT2D eigenvalue weighted by Crippen LogP contribution is -2.30. The SMILES string of the molecule is C=C/C=c1/nccn/c1=C/C=C. The maximum atomic E-state index is 4.12. The summed E-state index contributed by atoms with van der Waals surface area (Å²) in [5.41, 5.74) is 0. The molecule has 0 radical (unpaired) electrons. The average Bonchev–Trinajstić information content (AvgIpc) is 2.09. The molecule has 0 atom stereocenters. The van der Waals surface area contributed by atoms with Crippen LogP contribution in [0.2, 0.25) is 0 Å². The van der Waals surface area contributed by atoms with Crippen molar-refractivity contribution in [3.05, 3.63) is 48.4 Å². The van der Waals surface area contributed by atoms with Crippen molar-refractivity contribution >= 4 is 12.2 Å².